The van der Waals surface area contributed by atoms with Crippen LogP contribution in [0.3, 0.4) is 0 Å². The fourth-order valence-corrected chi connectivity index (χ4v) is 4.91. The lowest BCUT2D eigenvalue weighted by molar-refractivity contribution is 0.122. The number of morpholine rings is 1. The molecule has 1 aliphatic heterocycles. The summed E-state index contributed by atoms with van der Waals surface area (Å²) in [5.74, 6) is 0.371. The zero-order valence-electron chi connectivity index (χ0n) is 17.6. The van der Waals surface area contributed by atoms with E-state index in [1.54, 1.807) is 29.1 Å². The Hall–Kier alpha value is -3.43. The SMILES string of the molecule is Cc1cc(NS(=O)(=O)c2ccc(N3CCOCC3)cc2)n(-c2cccc3ncccc23)n1. The number of nitrogens with zero attached hydrogens (tertiary/aromatic N) is 4. The maximum Gasteiger partial charge on any atom is 0.263 e. The molecule has 9 heteroatoms. The minimum Gasteiger partial charge on any atom is -0.378 e. The molecule has 1 aliphatic rings. The number of sulfonamides is 1. The van der Waals surface area contributed by atoms with Gasteiger partial charge in [-0.3, -0.25) is 9.71 Å². The monoisotopic (exact) mass is 449 g/mol. The molecule has 0 saturated carbocycles. The van der Waals surface area contributed by atoms with E-state index in [-0.39, 0.29) is 4.90 Å². The molecule has 1 fully saturated rings. The van der Waals surface area contributed by atoms with Crippen LogP contribution >= 0.6 is 0 Å². The van der Waals surface area contributed by atoms with Gasteiger partial charge < -0.3 is 9.64 Å². The number of nitrogens with one attached hydrogen (secondary N) is 1. The molecule has 3 heterocycles. The van der Waals surface area contributed by atoms with Crippen LogP contribution in [0.5, 0.6) is 0 Å². The van der Waals surface area contributed by atoms with Crippen molar-refractivity contribution in [2.45, 2.75) is 11.8 Å². The van der Waals surface area contributed by atoms with Gasteiger partial charge in [0.05, 0.1) is 35.0 Å². The van der Waals surface area contributed by atoms with Crippen molar-refractivity contribution in [2.24, 2.45) is 0 Å². The first kappa shape index (κ1) is 20.5. The fraction of sp³-hybridized carbons (Fsp3) is 0.217. The van der Waals surface area contributed by atoms with Crippen molar-refractivity contribution >= 4 is 32.4 Å². The third-order valence-corrected chi connectivity index (χ3v) is 6.82. The van der Waals surface area contributed by atoms with E-state index in [2.05, 4.69) is 19.7 Å². The molecule has 0 bridgehead atoms. The molecule has 32 heavy (non-hydrogen) atoms. The highest BCUT2D eigenvalue weighted by Crippen LogP contribution is 2.26. The van der Waals surface area contributed by atoms with E-state index in [9.17, 15) is 8.42 Å². The lowest BCUT2D eigenvalue weighted by Gasteiger charge is -2.28. The Bertz CT molecular complexity index is 1350. The van der Waals surface area contributed by atoms with Crippen LogP contribution in [0.4, 0.5) is 11.5 Å². The van der Waals surface area contributed by atoms with Crippen LogP contribution in [0.15, 0.2) is 71.8 Å². The number of ether oxygens (including phenoxy) is 1. The maximum absolute atomic E-state index is 13.1. The predicted molar refractivity (Wildman–Crippen MR) is 124 cm³/mol. The number of aryl methyl sites for hydroxylation is 1. The summed E-state index contributed by atoms with van der Waals surface area (Å²) in [4.78, 5) is 6.76. The Morgan fingerprint density at radius 3 is 2.56 bits per heavy atom. The topological polar surface area (TPSA) is 89.4 Å². The van der Waals surface area contributed by atoms with E-state index >= 15 is 0 Å². The Kier molecular flexibility index (Phi) is 5.28. The molecule has 2 aromatic carbocycles. The molecule has 4 aromatic rings. The van der Waals surface area contributed by atoms with Crippen molar-refractivity contribution in [1.29, 1.82) is 0 Å². The Balaban J connectivity index is 1.46. The smallest absolute Gasteiger partial charge is 0.263 e. The predicted octanol–water partition coefficient (Wildman–Crippen LogP) is 3.37. The normalized spacial score (nSPS) is 14.6. The minimum absolute atomic E-state index is 0.194. The standard InChI is InChI=1S/C23H23N5O3S/c1-17-16-23(28(25-17)22-6-2-5-21-20(22)4-3-11-24-21)26-32(29,30)19-9-7-18(8-10-19)27-12-14-31-15-13-27/h2-11,16,26H,12-15H2,1H3. The van der Waals surface area contributed by atoms with E-state index in [1.807, 2.05) is 49.4 Å². The van der Waals surface area contributed by atoms with Crippen molar-refractivity contribution in [2.75, 3.05) is 35.9 Å². The van der Waals surface area contributed by atoms with Crippen molar-refractivity contribution in [3.05, 3.63) is 72.6 Å². The van der Waals surface area contributed by atoms with Crippen molar-refractivity contribution < 1.29 is 13.2 Å². The third kappa shape index (κ3) is 3.92. The lowest BCUT2D eigenvalue weighted by Crippen LogP contribution is -2.36. The Morgan fingerprint density at radius 1 is 1.00 bits per heavy atom. The van der Waals surface area contributed by atoms with Crippen LogP contribution in [0.2, 0.25) is 0 Å². The van der Waals surface area contributed by atoms with Gasteiger partial charge in [0.15, 0.2) is 0 Å². The molecular formula is C23H23N5O3S. The van der Waals surface area contributed by atoms with Crippen LogP contribution in [-0.4, -0.2) is 49.5 Å². The molecule has 0 amide bonds. The van der Waals surface area contributed by atoms with Gasteiger partial charge in [0.25, 0.3) is 10.0 Å². The molecule has 0 spiro atoms. The average molecular weight is 450 g/mol. The second-order valence-corrected chi connectivity index (χ2v) is 9.31. The van der Waals surface area contributed by atoms with Crippen molar-refractivity contribution in [3.63, 3.8) is 0 Å². The van der Waals surface area contributed by atoms with Crippen LogP contribution < -0.4 is 9.62 Å². The molecule has 164 valence electrons. The quantitative estimate of drug-likeness (QED) is 0.503. The molecule has 0 radical (unpaired) electrons. The van der Waals surface area contributed by atoms with Gasteiger partial charge >= 0.3 is 0 Å². The van der Waals surface area contributed by atoms with Gasteiger partial charge in [0.1, 0.15) is 5.82 Å². The number of rotatable bonds is 5. The van der Waals surface area contributed by atoms with Gasteiger partial charge in [-0.05, 0) is 55.5 Å². The largest absolute Gasteiger partial charge is 0.378 e. The summed E-state index contributed by atoms with van der Waals surface area (Å²) in [6.45, 7) is 4.77. The molecule has 5 rings (SSSR count). The number of hydrogen-bond donors (Lipinski definition) is 1. The number of benzene rings is 2. The first-order valence-electron chi connectivity index (χ1n) is 10.4. The molecule has 1 N–H and O–H groups in total. The van der Waals surface area contributed by atoms with E-state index in [1.165, 1.54) is 0 Å². The fourth-order valence-electron chi connectivity index (χ4n) is 3.88. The second-order valence-electron chi connectivity index (χ2n) is 7.63. The first-order valence-corrected chi connectivity index (χ1v) is 11.9. The average Bonchev–Trinajstić information content (AvgIpc) is 3.18. The van der Waals surface area contributed by atoms with Gasteiger partial charge in [-0.1, -0.05) is 6.07 Å². The highest BCUT2D eigenvalue weighted by atomic mass is 32.2. The molecule has 2 aromatic heterocycles. The number of pyridine rings is 1. The lowest BCUT2D eigenvalue weighted by atomic mass is 10.2. The van der Waals surface area contributed by atoms with E-state index in [0.717, 1.165) is 35.4 Å². The van der Waals surface area contributed by atoms with Crippen LogP contribution in [0.25, 0.3) is 16.6 Å². The summed E-state index contributed by atoms with van der Waals surface area (Å²) in [7, 11) is -3.80. The molecule has 0 aliphatic carbocycles. The molecule has 0 unspecified atom stereocenters. The van der Waals surface area contributed by atoms with E-state index in [4.69, 9.17) is 4.74 Å². The van der Waals surface area contributed by atoms with Crippen LogP contribution in [0.1, 0.15) is 5.69 Å². The summed E-state index contributed by atoms with van der Waals surface area (Å²) in [5.41, 5.74) is 3.25. The van der Waals surface area contributed by atoms with Gasteiger partial charge in [-0.15, -0.1) is 0 Å². The minimum atomic E-state index is -3.80. The first-order chi connectivity index (χ1) is 15.5. The molecule has 8 nitrogen and oxygen atoms in total. The summed E-state index contributed by atoms with van der Waals surface area (Å²) in [6, 6.07) is 18.1. The summed E-state index contributed by atoms with van der Waals surface area (Å²) >= 11 is 0. The summed E-state index contributed by atoms with van der Waals surface area (Å²) < 4.78 is 36.0. The van der Waals surface area contributed by atoms with Gasteiger partial charge in [0.2, 0.25) is 0 Å². The molecule has 0 atom stereocenters. The van der Waals surface area contributed by atoms with Gasteiger partial charge in [-0.2, -0.15) is 5.10 Å². The number of fused-ring (bicyclic) bond motifs is 1. The van der Waals surface area contributed by atoms with Crippen LogP contribution in [0, 0.1) is 6.92 Å². The highest BCUT2D eigenvalue weighted by Gasteiger charge is 2.20. The van der Waals surface area contributed by atoms with Gasteiger partial charge in [0, 0.05) is 36.4 Å². The van der Waals surface area contributed by atoms with Crippen LogP contribution in [-0.2, 0) is 14.8 Å². The van der Waals surface area contributed by atoms with Crippen molar-refractivity contribution in [1.82, 2.24) is 14.8 Å². The maximum atomic E-state index is 13.1. The summed E-state index contributed by atoms with van der Waals surface area (Å²) in [6.07, 6.45) is 1.73. The number of anilines is 2. The summed E-state index contributed by atoms with van der Waals surface area (Å²) in [5, 5.41) is 5.41. The highest BCUT2D eigenvalue weighted by molar-refractivity contribution is 7.92. The van der Waals surface area contributed by atoms with Gasteiger partial charge in [-0.25, -0.2) is 13.1 Å². The Morgan fingerprint density at radius 2 is 1.78 bits per heavy atom. The number of aromatic nitrogens is 3. The zero-order chi connectivity index (χ0) is 22.1. The second kappa shape index (κ2) is 8.25. The van der Waals surface area contributed by atoms with E-state index in [0.29, 0.717) is 24.7 Å². The number of hydrogen-bond acceptors (Lipinski definition) is 6. The molecule has 1 saturated heterocycles. The van der Waals surface area contributed by atoms with E-state index < -0.39 is 10.0 Å². The van der Waals surface area contributed by atoms with Crippen molar-refractivity contribution in [3.8, 4) is 5.69 Å². The Labute approximate surface area is 186 Å². The third-order valence-electron chi connectivity index (χ3n) is 5.44. The molecular weight excluding hydrogens is 426 g/mol. The zero-order valence-corrected chi connectivity index (χ0v) is 18.4.